The molecule has 0 saturated heterocycles. The number of rotatable bonds is 3. The second-order valence-corrected chi connectivity index (χ2v) is 3.65. The van der Waals surface area contributed by atoms with Gasteiger partial charge in [0.1, 0.15) is 5.69 Å². The van der Waals surface area contributed by atoms with Gasteiger partial charge in [-0.3, -0.25) is 4.98 Å². The second kappa shape index (κ2) is 5.34. The van der Waals surface area contributed by atoms with Gasteiger partial charge >= 0.3 is 11.9 Å². The molecular weight excluding hydrogens is 248 g/mol. The molecule has 0 saturated carbocycles. The molecule has 0 atom stereocenters. The van der Waals surface area contributed by atoms with E-state index in [1.807, 2.05) is 0 Å². The lowest BCUT2D eigenvalue weighted by Crippen LogP contribution is -2.06. The molecule has 2 aromatic rings. The molecule has 0 radical (unpaired) electrons. The van der Waals surface area contributed by atoms with Crippen molar-refractivity contribution in [1.82, 2.24) is 9.97 Å². The van der Waals surface area contributed by atoms with Gasteiger partial charge in [0.05, 0.1) is 25.5 Å². The SMILES string of the molecule is COC(=O)c1c[nH]c(C(=O)OC)c1-c1ccccn1. The maximum atomic E-state index is 11.7. The summed E-state index contributed by atoms with van der Waals surface area (Å²) in [5, 5.41) is 0. The number of hydrogen-bond donors (Lipinski definition) is 1. The average molecular weight is 260 g/mol. The Labute approximate surface area is 109 Å². The number of carbonyl (C=O) groups is 2. The van der Waals surface area contributed by atoms with Crippen molar-refractivity contribution in [2.45, 2.75) is 0 Å². The third-order valence-electron chi connectivity index (χ3n) is 2.60. The number of aromatic nitrogens is 2. The molecular formula is C13H12N2O4. The molecule has 0 aliphatic heterocycles. The zero-order chi connectivity index (χ0) is 13.8. The zero-order valence-corrected chi connectivity index (χ0v) is 10.5. The number of nitrogens with one attached hydrogen (secondary N) is 1. The predicted molar refractivity (Wildman–Crippen MR) is 66.7 cm³/mol. The molecule has 0 spiro atoms. The van der Waals surface area contributed by atoms with Gasteiger partial charge in [0.15, 0.2) is 0 Å². The lowest BCUT2D eigenvalue weighted by Gasteiger charge is -2.04. The van der Waals surface area contributed by atoms with E-state index in [1.165, 1.54) is 20.4 Å². The van der Waals surface area contributed by atoms with E-state index in [9.17, 15) is 9.59 Å². The molecule has 19 heavy (non-hydrogen) atoms. The first-order valence-electron chi connectivity index (χ1n) is 5.48. The molecule has 6 heteroatoms. The smallest absolute Gasteiger partial charge is 0.355 e. The summed E-state index contributed by atoms with van der Waals surface area (Å²) in [4.78, 5) is 30.3. The van der Waals surface area contributed by atoms with Crippen LogP contribution in [0.4, 0.5) is 0 Å². The van der Waals surface area contributed by atoms with E-state index in [4.69, 9.17) is 0 Å². The Hall–Kier alpha value is -2.63. The fourth-order valence-electron chi connectivity index (χ4n) is 1.73. The fourth-order valence-corrected chi connectivity index (χ4v) is 1.73. The molecule has 98 valence electrons. The molecule has 0 unspecified atom stereocenters. The molecule has 0 amide bonds. The highest BCUT2D eigenvalue weighted by Gasteiger charge is 2.24. The van der Waals surface area contributed by atoms with Crippen LogP contribution < -0.4 is 0 Å². The van der Waals surface area contributed by atoms with E-state index in [0.717, 1.165) is 0 Å². The molecule has 0 aliphatic carbocycles. The summed E-state index contributed by atoms with van der Waals surface area (Å²) < 4.78 is 9.36. The summed E-state index contributed by atoms with van der Waals surface area (Å²) in [7, 11) is 2.54. The van der Waals surface area contributed by atoms with Crippen molar-refractivity contribution < 1.29 is 19.1 Å². The van der Waals surface area contributed by atoms with Crippen LogP contribution in [0.2, 0.25) is 0 Å². The summed E-state index contributed by atoms with van der Waals surface area (Å²) in [6.45, 7) is 0. The summed E-state index contributed by atoms with van der Waals surface area (Å²) in [6, 6.07) is 5.20. The zero-order valence-electron chi connectivity index (χ0n) is 10.5. The van der Waals surface area contributed by atoms with E-state index in [0.29, 0.717) is 11.3 Å². The standard InChI is InChI=1S/C13H12N2O4/c1-18-12(16)8-7-15-11(13(17)19-2)10(8)9-5-3-4-6-14-9/h3-7,15H,1-2H3. The van der Waals surface area contributed by atoms with Crippen LogP contribution in [-0.2, 0) is 9.47 Å². The number of H-pyrrole nitrogens is 1. The number of hydrogen-bond acceptors (Lipinski definition) is 5. The summed E-state index contributed by atoms with van der Waals surface area (Å²) in [6.07, 6.45) is 2.98. The van der Waals surface area contributed by atoms with E-state index in [2.05, 4.69) is 19.4 Å². The molecule has 0 fully saturated rings. The highest BCUT2D eigenvalue weighted by atomic mass is 16.5. The van der Waals surface area contributed by atoms with Crippen molar-refractivity contribution in [3.05, 3.63) is 41.9 Å². The van der Waals surface area contributed by atoms with E-state index in [-0.39, 0.29) is 11.3 Å². The van der Waals surface area contributed by atoms with Crippen molar-refractivity contribution in [3.63, 3.8) is 0 Å². The lowest BCUT2D eigenvalue weighted by atomic mass is 10.1. The Kier molecular flexibility index (Phi) is 3.61. The number of aromatic amines is 1. The molecule has 2 rings (SSSR count). The monoisotopic (exact) mass is 260 g/mol. The maximum absolute atomic E-state index is 11.7. The number of esters is 2. The second-order valence-electron chi connectivity index (χ2n) is 3.65. The number of ether oxygens (including phenoxy) is 2. The van der Waals surface area contributed by atoms with E-state index >= 15 is 0 Å². The normalized spacial score (nSPS) is 10.0. The van der Waals surface area contributed by atoms with Gasteiger partial charge in [-0.1, -0.05) is 6.07 Å². The minimum atomic E-state index is -0.573. The predicted octanol–water partition coefficient (Wildman–Crippen LogP) is 1.65. The van der Waals surface area contributed by atoms with Gasteiger partial charge in [0.25, 0.3) is 0 Å². The molecule has 1 N–H and O–H groups in total. The van der Waals surface area contributed by atoms with Crippen molar-refractivity contribution >= 4 is 11.9 Å². The van der Waals surface area contributed by atoms with Crippen molar-refractivity contribution in [2.75, 3.05) is 14.2 Å². The minimum Gasteiger partial charge on any atom is -0.465 e. The first kappa shape index (κ1) is 12.8. The van der Waals surface area contributed by atoms with Gasteiger partial charge in [0, 0.05) is 18.0 Å². The topological polar surface area (TPSA) is 81.3 Å². The van der Waals surface area contributed by atoms with E-state index in [1.54, 1.807) is 24.4 Å². The minimum absolute atomic E-state index is 0.168. The lowest BCUT2D eigenvalue weighted by molar-refractivity contribution is 0.0594. The van der Waals surface area contributed by atoms with Crippen LogP contribution in [0.1, 0.15) is 20.8 Å². The summed E-state index contributed by atoms with van der Waals surface area (Å²) >= 11 is 0. The van der Waals surface area contributed by atoms with Crippen LogP contribution in [-0.4, -0.2) is 36.1 Å². The van der Waals surface area contributed by atoms with Gasteiger partial charge < -0.3 is 14.5 Å². The molecule has 6 nitrogen and oxygen atoms in total. The summed E-state index contributed by atoms with van der Waals surface area (Å²) in [5.74, 6) is -1.12. The van der Waals surface area contributed by atoms with Crippen LogP contribution in [0.25, 0.3) is 11.3 Å². The number of pyridine rings is 1. The van der Waals surface area contributed by atoms with E-state index < -0.39 is 11.9 Å². The Morgan fingerprint density at radius 2 is 1.89 bits per heavy atom. The number of nitrogens with zero attached hydrogens (tertiary/aromatic N) is 1. The first-order chi connectivity index (χ1) is 9.19. The third-order valence-corrected chi connectivity index (χ3v) is 2.60. The Morgan fingerprint density at radius 3 is 2.47 bits per heavy atom. The highest BCUT2D eigenvalue weighted by Crippen LogP contribution is 2.27. The summed E-state index contributed by atoms with van der Waals surface area (Å²) in [5.41, 5.74) is 1.27. The van der Waals surface area contributed by atoms with Gasteiger partial charge in [-0.05, 0) is 12.1 Å². The number of carbonyl (C=O) groups excluding carboxylic acids is 2. The quantitative estimate of drug-likeness (QED) is 0.848. The van der Waals surface area contributed by atoms with Gasteiger partial charge in [-0.15, -0.1) is 0 Å². The third kappa shape index (κ3) is 2.33. The number of methoxy groups -OCH3 is 2. The Bertz CT molecular complexity index is 571. The van der Waals surface area contributed by atoms with Crippen LogP contribution in [0.15, 0.2) is 30.6 Å². The molecule has 0 aliphatic rings. The molecule has 2 aromatic heterocycles. The Balaban J connectivity index is 2.63. The highest BCUT2D eigenvalue weighted by molar-refractivity contribution is 6.04. The van der Waals surface area contributed by atoms with Crippen LogP contribution in [0, 0.1) is 0 Å². The maximum Gasteiger partial charge on any atom is 0.355 e. The van der Waals surface area contributed by atoms with Crippen LogP contribution in [0.5, 0.6) is 0 Å². The molecule has 2 heterocycles. The van der Waals surface area contributed by atoms with Crippen LogP contribution >= 0.6 is 0 Å². The first-order valence-corrected chi connectivity index (χ1v) is 5.48. The molecule has 0 bridgehead atoms. The van der Waals surface area contributed by atoms with Crippen molar-refractivity contribution in [1.29, 1.82) is 0 Å². The largest absolute Gasteiger partial charge is 0.465 e. The van der Waals surface area contributed by atoms with Crippen molar-refractivity contribution in [3.8, 4) is 11.3 Å². The van der Waals surface area contributed by atoms with Gasteiger partial charge in [-0.25, -0.2) is 9.59 Å². The van der Waals surface area contributed by atoms with Gasteiger partial charge in [0.2, 0.25) is 0 Å². The van der Waals surface area contributed by atoms with Crippen molar-refractivity contribution in [2.24, 2.45) is 0 Å². The fraction of sp³-hybridized carbons (Fsp3) is 0.154. The van der Waals surface area contributed by atoms with Crippen LogP contribution in [0.3, 0.4) is 0 Å². The molecule has 0 aromatic carbocycles. The van der Waals surface area contributed by atoms with Gasteiger partial charge in [-0.2, -0.15) is 0 Å². The average Bonchev–Trinajstić information content (AvgIpc) is 2.91. The Morgan fingerprint density at radius 1 is 1.16 bits per heavy atom.